The summed E-state index contributed by atoms with van der Waals surface area (Å²) in [6, 6.07) is 7.17. The Kier molecular flexibility index (Phi) is 4.88. The maximum atomic E-state index is 12.4. The van der Waals surface area contributed by atoms with Crippen molar-refractivity contribution in [3.63, 3.8) is 0 Å². The summed E-state index contributed by atoms with van der Waals surface area (Å²) in [4.78, 5) is 28.1. The molecule has 1 aliphatic rings. The van der Waals surface area contributed by atoms with Crippen LogP contribution in [0.4, 0.5) is 0 Å². The topological polar surface area (TPSA) is 92.4 Å². The molecule has 0 aliphatic heterocycles. The average Bonchev–Trinajstić information content (AvgIpc) is 2.93. The van der Waals surface area contributed by atoms with E-state index in [9.17, 15) is 14.7 Å². The number of carboxylic acid groups (broad SMARTS) is 1. The molecular weight excluding hydrogens is 320 g/mol. The smallest absolute Gasteiger partial charge is 0.326 e. The molecule has 25 heavy (non-hydrogen) atoms. The number of carbonyl (C=O) groups is 2. The molecule has 6 nitrogen and oxygen atoms in total. The van der Waals surface area contributed by atoms with E-state index >= 15 is 0 Å². The highest BCUT2D eigenvalue weighted by molar-refractivity contribution is 5.95. The number of oxazole rings is 1. The van der Waals surface area contributed by atoms with Crippen LogP contribution in [-0.4, -0.2) is 28.0 Å². The molecular formula is C19H22N2O4. The first-order valence-electron chi connectivity index (χ1n) is 8.51. The van der Waals surface area contributed by atoms with Crippen LogP contribution in [0, 0.1) is 13.8 Å². The van der Waals surface area contributed by atoms with E-state index in [0.29, 0.717) is 18.0 Å². The maximum Gasteiger partial charge on any atom is 0.326 e. The number of aliphatic carboxylic acids is 1. The van der Waals surface area contributed by atoms with Gasteiger partial charge in [-0.15, -0.1) is 0 Å². The van der Waals surface area contributed by atoms with Gasteiger partial charge in [0.05, 0.1) is 5.69 Å². The van der Waals surface area contributed by atoms with Crippen molar-refractivity contribution in [2.24, 2.45) is 0 Å². The third-order valence-electron chi connectivity index (χ3n) is 4.73. The lowest BCUT2D eigenvalue weighted by atomic mass is 9.79. The molecule has 2 aromatic rings. The van der Waals surface area contributed by atoms with E-state index in [0.717, 1.165) is 19.3 Å². The van der Waals surface area contributed by atoms with Gasteiger partial charge in [-0.25, -0.2) is 9.78 Å². The molecule has 0 radical (unpaired) electrons. The Bertz CT molecular complexity index is 796. The molecule has 0 fully saturated rings. The lowest BCUT2D eigenvalue weighted by Gasteiger charge is -2.27. The standard InChI is InChI=1S/C19H22N2O4/c1-11-17(25-12(2)20-11)18(22)21-16(19(23)24)10-14-8-5-7-13-6-3-4-9-15(13)14/h3-4,6,9,14,16H,5,7-8,10H2,1-2H3,(H,21,22)(H,23,24). The average molecular weight is 342 g/mol. The Morgan fingerprint density at radius 3 is 2.80 bits per heavy atom. The molecule has 2 N–H and O–H groups in total. The van der Waals surface area contributed by atoms with Crippen molar-refractivity contribution < 1.29 is 19.1 Å². The number of fused-ring (bicyclic) bond motifs is 1. The van der Waals surface area contributed by atoms with Crippen molar-refractivity contribution in [3.8, 4) is 0 Å². The summed E-state index contributed by atoms with van der Waals surface area (Å²) in [5.41, 5.74) is 2.93. The van der Waals surface area contributed by atoms with Gasteiger partial charge in [-0.05, 0) is 49.7 Å². The number of aromatic nitrogens is 1. The molecule has 1 amide bonds. The van der Waals surface area contributed by atoms with Gasteiger partial charge in [0.15, 0.2) is 5.89 Å². The number of hydrogen-bond acceptors (Lipinski definition) is 4. The van der Waals surface area contributed by atoms with Gasteiger partial charge in [-0.3, -0.25) is 4.79 Å². The van der Waals surface area contributed by atoms with Crippen LogP contribution in [0.2, 0.25) is 0 Å². The Labute approximate surface area is 146 Å². The molecule has 2 unspecified atom stereocenters. The van der Waals surface area contributed by atoms with Crippen LogP contribution < -0.4 is 5.32 Å². The van der Waals surface area contributed by atoms with Crippen molar-refractivity contribution in [3.05, 3.63) is 52.7 Å². The predicted octanol–water partition coefficient (Wildman–Crippen LogP) is 2.98. The van der Waals surface area contributed by atoms with Crippen molar-refractivity contribution in [1.82, 2.24) is 10.3 Å². The van der Waals surface area contributed by atoms with Gasteiger partial charge in [-0.2, -0.15) is 0 Å². The van der Waals surface area contributed by atoms with Gasteiger partial charge in [0.25, 0.3) is 5.91 Å². The molecule has 132 valence electrons. The Morgan fingerprint density at radius 2 is 2.12 bits per heavy atom. The monoisotopic (exact) mass is 342 g/mol. The van der Waals surface area contributed by atoms with E-state index in [1.807, 2.05) is 12.1 Å². The molecule has 1 aromatic carbocycles. The Morgan fingerprint density at radius 1 is 1.36 bits per heavy atom. The lowest BCUT2D eigenvalue weighted by molar-refractivity contribution is -0.139. The molecule has 0 bridgehead atoms. The molecule has 0 spiro atoms. The fraction of sp³-hybridized carbons (Fsp3) is 0.421. The van der Waals surface area contributed by atoms with E-state index in [4.69, 9.17) is 4.42 Å². The number of carboxylic acids is 1. The number of aryl methyl sites for hydroxylation is 3. The summed E-state index contributed by atoms with van der Waals surface area (Å²) in [7, 11) is 0. The highest BCUT2D eigenvalue weighted by Gasteiger charge is 2.29. The van der Waals surface area contributed by atoms with Crippen LogP contribution >= 0.6 is 0 Å². The number of nitrogens with one attached hydrogen (secondary N) is 1. The summed E-state index contributed by atoms with van der Waals surface area (Å²) in [5, 5.41) is 12.2. The number of nitrogens with zero attached hydrogens (tertiary/aromatic N) is 1. The number of amides is 1. The first kappa shape index (κ1) is 17.2. The fourth-order valence-corrected chi connectivity index (χ4v) is 3.57. The van der Waals surface area contributed by atoms with E-state index in [1.165, 1.54) is 11.1 Å². The molecule has 0 saturated carbocycles. The fourth-order valence-electron chi connectivity index (χ4n) is 3.57. The van der Waals surface area contributed by atoms with Crippen molar-refractivity contribution in [2.75, 3.05) is 0 Å². The van der Waals surface area contributed by atoms with Gasteiger partial charge < -0.3 is 14.8 Å². The zero-order chi connectivity index (χ0) is 18.0. The second-order valence-electron chi connectivity index (χ2n) is 6.54. The third kappa shape index (κ3) is 3.73. The predicted molar refractivity (Wildman–Crippen MR) is 91.6 cm³/mol. The minimum Gasteiger partial charge on any atom is -0.480 e. The molecule has 1 aromatic heterocycles. The SMILES string of the molecule is Cc1nc(C)c(C(=O)NC(CC2CCCc3ccccc32)C(=O)O)o1. The highest BCUT2D eigenvalue weighted by atomic mass is 16.4. The second-order valence-corrected chi connectivity index (χ2v) is 6.54. The van der Waals surface area contributed by atoms with Gasteiger partial charge in [0, 0.05) is 6.92 Å². The largest absolute Gasteiger partial charge is 0.480 e. The summed E-state index contributed by atoms with van der Waals surface area (Å²) >= 11 is 0. The zero-order valence-corrected chi connectivity index (χ0v) is 14.4. The van der Waals surface area contributed by atoms with Gasteiger partial charge in [0.1, 0.15) is 6.04 Å². The summed E-state index contributed by atoms with van der Waals surface area (Å²) in [5.74, 6) is -0.979. The molecule has 1 heterocycles. The first-order valence-corrected chi connectivity index (χ1v) is 8.51. The highest BCUT2D eigenvalue weighted by Crippen LogP contribution is 2.34. The molecule has 3 rings (SSSR count). The van der Waals surface area contributed by atoms with Crippen molar-refractivity contribution in [2.45, 2.75) is 51.5 Å². The number of benzene rings is 1. The quantitative estimate of drug-likeness (QED) is 0.871. The zero-order valence-electron chi connectivity index (χ0n) is 14.4. The molecule has 2 atom stereocenters. The van der Waals surface area contributed by atoms with E-state index in [1.54, 1.807) is 13.8 Å². The first-order chi connectivity index (χ1) is 12.0. The minimum absolute atomic E-state index is 0.0767. The molecule has 6 heteroatoms. The van der Waals surface area contributed by atoms with Crippen molar-refractivity contribution in [1.29, 1.82) is 0 Å². The molecule has 0 saturated heterocycles. The van der Waals surface area contributed by atoms with E-state index < -0.39 is 17.9 Å². The normalized spacial score (nSPS) is 17.6. The molecule has 1 aliphatic carbocycles. The Hall–Kier alpha value is -2.63. The van der Waals surface area contributed by atoms with Crippen LogP contribution in [0.5, 0.6) is 0 Å². The minimum atomic E-state index is -1.04. The van der Waals surface area contributed by atoms with Crippen LogP contribution in [-0.2, 0) is 11.2 Å². The summed E-state index contributed by atoms with van der Waals surface area (Å²) < 4.78 is 5.29. The van der Waals surface area contributed by atoms with Crippen LogP contribution in [0.1, 0.15) is 58.4 Å². The van der Waals surface area contributed by atoms with Crippen molar-refractivity contribution >= 4 is 11.9 Å². The van der Waals surface area contributed by atoms with Crippen LogP contribution in [0.15, 0.2) is 28.7 Å². The van der Waals surface area contributed by atoms with Gasteiger partial charge in [-0.1, -0.05) is 24.3 Å². The van der Waals surface area contributed by atoms with Crippen LogP contribution in [0.25, 0.3) is 0 Å². The number of hydrogen-bond donors (Lipinski definition) is 2. The van der Waals surface area contributed by atoms with E-state index in [-0.39, 0.29) is 11.7 Å². The maximum absolute atomic E-state index is 12.4. The summed E-state index contributed by atoms with van der Waals surface area (Å²) in [6.45, 7) is 3.32. The third-order valence-corrected chi connectivity index (χ3v) is 4.73. The van der Waals surface area contributed by atoms with E-state index in [2.05, 4.69) is 22.4 Å². The number of carbonyl (C=O) groups excluding carboxylic acids is 1. The second kappa shape index (κ2) is 7.09. The number of rotatable bonds is 5. The lowest BCUT2D eigenvalue weighted by Crippen LogP contribution is -2.42. The van der Waals surface area contributed by atoms with Crippen LogP contribution in [0.3, 0.4) is 0 Å². The summed E-state index contributed by atoms with van der Waals surface area (Å²) in [6.07, 6.45) is 3.34. The Balaban J connectivity index is 1.76. The van der Waals surface area contributed by atoms with Gasteiger partial charge in [0.2, 0.25) is 5.76 Å². The van der Waals surface area contributed by atoms with Gasteiger partial charge >= 0.3 is 5.97 Å².